The van der Waals surface area contributed by atoms with E-state index in [1.807, 2.05) is 4.90 Å². The summed E-state index contributed by atoms with van der Waals surface area (Å²) in [4.78, 5) is 25.5. The third-order valence-corrected chi connectivity index (χ3v) is 3.20. The number of amides is 2. The molecule has 0 aromatic heterocycles. The second-order valence-electron chi connectivity index (χ2n) is 4.63. The van der Waals surface area contributed by atoms with Crippen LogP contribution in [0, 0.1) is 0 Å². The summed E-state index contributed by atoms with van der Waals surface area (Å²) in [6.07, 6.45) is 0. The summed E-state index contributed by atoms with van der Waals surface area (Å²) in [5.74, 6) is -0.788. The van der Waals surface area contributed by atoms with Crippen LogP contribution in [0.4, 0.5) is 0 Å². The zero-order valence-corrected chi connectivity index (χ0v) is 11.1. The molecule has 0 saturated carbocycles. The van der Waals surface area contributed by atoms with E-state index in [0.29, 0.717) is 25.3 Å². The van der Waals surface area contributed by atoms with E-state index in [2.05, 4.69) is 5.32 Å². The molecular weight excluding hydrogens is 260 g/mol. The second kappa shape index (κ2) is 7.14. The van der Waals surface area contributed by atoms with Crippen molar-refractivity contribution in [2.45, 2.75) is 6.04 Å². The highest BCUT2D eigenvalue weighted by atomic mass is 16.5. The lowest BCUT2D eigenvalue weighted by atomic mass is 10.2. The van der Waals surface area contributed by atoms with Crippen LogP contribution in [-0.2, 0) is 9.53 Å². The van der Waals surface area contributed by atoms with E-state index < -0.39 is 5.91 Å². The first-order chi connectivity index (χ1) is 9.70. The molecule has 0 bridgehead atoms. The largest absolute Gasteiger partial charge is 0.395 e. The predicted octanol–water partition coefficient (Wildman–Crippen LogP) is -0.364. The quantitative estimate of drug-likeness (QED) is 0.786. The minimum atomic E-state index is -0.413. The summed E-state index contributed by atoms with van der Waals surface area (Å²) in [7, 11) is 0. The lowest BCUT2D eigenvalue weighted by Crippen LogP contribution is -2.51. The fourth-order valence-electron chi connectivity index (χ4n) is 2.08. The molecular formula is C14H18N2O4. The number of hydrogen-bond donors (Lipinski definition) is 2. The number of nitrogens with zero attached hydrogens (tertiary/aromatic N) is 1. The molecule has 108 valence electrons. The number of rotatable bonds is 4. The molecule has 1 saturated heterocycles. The van der Waals surface area contributed by atoms with Crippen molar-refractivity contribution in [2.24, 2.45) is 0 Å². The molecule has 1 heterocycles. The Balaban J connectivity index is 1.87. The van der Waals surface area contributed by atoms with Crippen molar-refractivity contribution in [1.29, 1.82) is 0 Å². The minimum Gasteiger partial charge on any atom is -0.395 e. The van der Waals surface area contributed by atoms with Gasteiger partial charge in [-0.1, -0.05) is 18.2 Å². The maximum atomic E-state index is 11.9. The van der Waals surface area contributed by atoms with Crippen LogP contribution in [0.1, 0.15) is 10.4 Å². The van der Waals surface area contributed by atoms with E-state index in [0.717, 1.165) is 0 Å². The number of aliphatic hydroxyl groups excluding tert-OH is 1. The summed E-state index contributed by atoms with van der Waals surface area (Å²) in [6.45, 7) is 1.50. The number of imide groups is 1. The molecule has 6 heteroatoms. The Labute approximate surface area is 117 Å². The molecule has 0 spiro atoms. The Morgan fingerprint density at radius 3 is 2.80 bits per heavy atom. The molecule has 0 radical (unpaired) electrons. The lowest BCUT2D eigenvalue weighted by molar-refractivity contribution is -0.124. The molecule has 1 aromatic carbocycles. The normalized spacial score (nSPS) is 19.6. The number of carbonyl (C=O) groups is 2. The van der Waals surface area contributed by atoms with E-state index in [9.17, 15) is 14.7 Å². The first kappa shape index (κ1) is 14.6. The number of nitrogens with one attached hydrogen (secondary N) is 1. The minimum absolute atomic E-state index is 0.0695. The number of ether oxygens (including phenoxy) is 1. The Hall–Kier alpha value is -1.76. The Morgan fingerprint density at radius 2 is 2.10 bits per heavy atom. The van der Waals surface area contributed by atoms with Crippen LogP contribution < -0.4 is 5.32 Å². The SMILES string of the molecule is O=C(CN1CCOCC1CO)NC(=O)c1ccccc1. The van der Waals surface area contributed by atoms with Crippen LogP contribution in [0.3, 0.4) is 0 Å². The molecule has 1 fully saturated rings. The van der Waals surface area contributed by atoms with E-state index in [4.69, 9.17) is 4.74 Å². The van der Waals surface area contributed by atoms with Crippen molar-refractivity contribution in [1.82, 2.24) is 10.2 Å². The number of benzene rings is 1. The zero-order valence-electron chi connectivity index (χ0n) is 11.1. The van der Waals surface area contributed by atoms with Gasteiger partial charge in [-0.05, 0) is 12.1 Å². The van der Waals surface area contributed by atoms with Gasteiger partial charge in [-0.2, -0.15) is 0 Å². The van der Waals surface area contributed by atoms with Gasteiger partial charge in [0.2, 0.25) is 5.91 Å². The third kappa shape index (κ3) is 3.86. The molecule has 2 N–H and O–H groups in total. The Bertz CT molecular complexity index is 464. The van der Waals surface area contributed by atoms with Crippen molar-refractivity contribution in [3.8, 4) is 0 Å². The smallest absolute Gasteiger partial charge is 0.257 e. The molecule has 1 aliphatic heterocycles. The maximum absolute atomic E-state index is 11.9. The van der Waals surface area contributed by atoms with Gasteiger partial charge in [0, 0.05) is 12.1 Å². The Kier molecular flexibility index (Phi) is 5.23. The lowest BCUT2D eigenvalue weighted by Gasteiger charge is -2.33. The molecule has 2 rings (SSSR count). The summed E-state index contributed by atoms with van der Waals surface area (Å²) < 4.78 is 5.23. The molecule has 1 aromatic rings. The average molecular weight is 278 g/mol. The Morgan fingerprint density at radius 1 is 1.35 bits per heavy atom. The number of carbonyl (C=O) groups excluding carboxylic acids is 2. The first-order valence-corrected chi connectivity index (χ1v) is 6.52. The highest BCUT2D eigenvalue weighted by Crippen LogP contribution is 2.05. The third-order valence-electron chi connectivity index (χ3n) is 3.20. The van der Waals surface area contributed by atoms with Gasteiger partial charge in [-0.25, -0.2) is 0 Å². The summed E-state index contributed by atoms with van der Waals surface area (Å²) in [5, 5.41) is 11.6. The highest BCUT2D eigenvalue weighted by Gasteiger charge is 2.24. The van der Waals surface area contributed by atoms with Crippen LogP contribution in [-0.4, -0.2) is 60.8 Å². The molecule has 0 aliphatic carbocycles. The number of hydrogen-bond acceptors (Lipinski definition) is 5. The molecule has 2 amide bonds. The standard InChI is InChI=1S/C14H18N2O4/c17-9-12-10-20-7-6-16(12)8-13(18)15-14(19)11-4-2-1-3-5-11/h1-5,12,17H,6-10H2,(H,15,18,19). The van der Waals surface area contributed by atoms with Crippen molar-refractivity contribution in [3.63, 3.8) is 0 Å². The zero-order chi connectivity index (χ0) is 14.4. The summed E-state index contributed by atoms with van der Waals surface area (Å²) in [6, 6.07) is 8.38. The van der Waals surface area contributed by atoms with Crippen LogP contribution in [0.15, 0.2) is 30.3 Å². The van der Waals surface area contributed by atoms with E-state index in [1.165, 1.54) is 0 Å². The van der Waals surface area contributed by atoms with E-state index in [-0.39, 0.29) is 25.1 Å². The van der Waals surface area contributed by atoms with Crippen LogP contribution in [0.5, 0.6) is 0 Å². The van der Waals surface area contributed by atoms with Crippen LogP contribution in [0.2, 0.25) is 0 Å². The van der Waals surface area contributed by atoms with Crippen molar-refractivity contribution >= 4 is 11.8 Å². The van der Waals surface area contributed by atoms with E-state index in [1.54, 1.807) is 30.3 Å². The van der Waals surface area contributed by atoms with Gasteiger partial charge in [0.25, 0.3) is 5.91 Å². The second-order valence-corrected chi connectivity index (χ2v) is 4.63. The summed E-state index contributed by atoms with van der Waals surface area (Å²) >= 11 is 0. The summed E-state index contributed by atoms with van der Waals surface area (Å²) in [5.41, 5.74) is 0.446. The van der Waals surface area contributed by atoms with Crippen molar-refractivity contribution in [2.75, 3.05) is 32.9 Å². The van der Waals surface area contributed by atoms with Crippen LogP contribution >= 0.6 is 0 Å². The van der Waals surface area contributed by atoms with Crippen LogP contribution in [0.25, 0.3) is 0 Å². The molecule has 1 aliphatic rings. The van der Waals surface area contributed by atoms with Gasteiger partial charge < -0.3 is 9.84 Å². The molecule has 20 heavy (non-hydrogen) atoms. The van der Waals surface area contributed by atoms with Gasteiger partial charge >= 0.3 is 0 Å². The van der Waals surface area contributed by atoms with E-state index >= 15 is 0 Å². The van der Waals surface area contributed by atoms with Gasteiger partial charge in [0.05, 0.1) is 32.4 Å². The van der Waals surface area contributed by atoms with Crippen molar-refractivity contribution < 1.29 is 19.4 Å². The van der Waals surface area contributed by atoms with Crippen molar-refractivity contribution in [3.05, 3.63) is 35.9 Å². The molecule has 1 unspecified atom stereocenters. The topological polar surface area (TPSA) is 78.9 Å². The van der Waals surface area contributed by atoms with Gasteiger partial charge in [0.1, 0.15) is 0 Å². The predicted molar refractivity (Wildman–Crippen MR) is 72.2 cm³/mol. The maximum Gasteiger partial charge on any atom is 0.257 e. The average Bonchev–Trinajstić information content (AvgIpc) is 2.48. The van der Waals surface area contributed by atoms with Gasteiger partial charge in [0.15, 0.2) is 0 Å². The van der Waals surface area contributed by atoms with Gasteiger partial charge in [-0.3, -0.25) is 19.8 Å². The van der Waals surface area contributed by atoms with Gasteiger partial charge in [-0.15, -0.1) is 0 Å². The number of aliphatic hydroxyl groups is 1. The first-order valence-electron chi connectivity index (χ1n) is 6.52. The molecule has 6 nitrogen and oxygen atoms in total. The fourth-order valence-corrected chi connectivity index (χ4v) is 2.08. The monoisotopic (exact) mass is 278 g/mol. The number of morpholine rings is 1. The molecule has 1 atom stereocenters. The highest BCUT2D eigenvalue weighted by molar-refractivity contribution is 6.05. The fraction of sp³-hybridized carbons (Fsp3) is 0.429.